The highest BCUT2D eigenvalue weighted by atomic mass is 31.1. The lowest BCUT2D eigenvalue weighted by atomic mass is 10.2. The second-order valence-corrected chi connectivity index (χ2v) is 3.14. The maximum Gasteiger partial charge on any atom is 0.316 e. The molecule has 6 heteroatoms. The van der Waals surface area contributed by atoms with E-state index in [0.717, 1.165) is 0 Å². The van der Waals surface area contributed by atoms with Gasteiger partial charge < -0.3 is 14.5 Å². The Labute approximate surface area is 71.3 Å². The molecule has 72 valence electrons. The van der Waals surface area contributed by atoms with Gasteiger partial charge in [-0.05, 0) is 12.8 Å². The van der Waals surface area contributed by atoms with Crippen LogP contribution in [0.3, 0.4) is 0 Å². The molecule has 1 atom stereocenters. The molecule has 1 unspecified atom stereocenters. The third kappa shape index (κ3) is 9.62. The number of rotatable bonds is 7. The molecule has 0 spiro atoms. The molecule has 0 aromatic heterocycles. The summed E-state index contributed by atoms with van der Waals surface area (Å²) < 4.78 is 14.4. The van der Waals surface area contributed by atoms with E-state index in [1.54, 1.807) is 0 Å². The Bertz CT molecular complexity index is 140. The van der Waals surface area contributed by atoms with Crippen LogP contribution in [0.1, 0.15) is 25.7 Å². The van der Waals surface area contributed by atoms with Gasteiger partial charge in [0.15, 0.2) is 0 Å². The molecule has 12 heavy (non-hydrogen) atoms. The molecule has 5 nitrogen and oxygen atoms in total. The lowest BCUT2D eigenvalue weighted by Gasteiger charge is -1.98. The van der Waals surface area contributed by atoms with Crippen LogP contribution in [0.15, 0.2) is 0 Å². The molecule has 0 aliphatic rings. The summed E-state index contributed by atoms with van der Waals surface area (Å²) in [5, 5.41) is 8.24. The molecule has 0 saturated carbocycles. The van der Waals surface area contributed by atoms with E-state index in [0.29, 0.717) is 19.3 Å². The first-order chi connectivity index (χ1) is 5.63. The third-order valence-corrected chi connectivity index (χ3v) is 1.71. The Morgan fingerprint density at radius 3 is 2.50 bits per heavy atom. The van der Waals surface area contributed by atoms with E-state index in [1.807, 2.05) is 0 Å². The number of hydrogen-bond donors (Lipinski definition) is 2. The van der Waals surface area contributed by atoms with Gasteiger partial charge >= 0.3 is 14.2 Å². The number of unbranched alkanes of at least 4 members (excludes halogenated alkanes) is 2. The number of carboxylic acid groups (broad SMARTS) is 1. The summed E-state index contributed by atoms with van der Waals surface area (Å²) in [4.78, 5) is 18.3. The van der Waals surface area contributed by atoms with Crippen molar-refractivity contribution in [3.8, 4) is 0 Å². The Hall–Kier alpha value is -0.380. The number of carbonyl (C=O) groups is 1. The molecule has 0 fully saturated rings. The predicted molar refractivity (Wildman–Crippen MR) is 43.3 cm³/mol. The highest BCUT2D eigenvalue weighted by Crippen LogP contribution is 2.15. The number of aliphatic carboxylic acids is 1. The van der Waals surface area contributed by atoms with Gasteiger partial charge in [-0.1, -0.05) is 6.42 Å². The molecule has 0 aromatic carbocycles. The Morgan fingerprint density at radius 1 is 1.33 bits per heavy atom. The Morgan fingerprint density at radius 2 is 2.00 bits per heavy atom. The zero-order valence-electron chi connectivity index (χ0n) is 6.65. The molecule has 2 N–H and O–H groups in total. The van der Waals surface area contributed by atoms with E-state index in [-0.39, 0.29) is 13.0 Å². The van der Waals surface area contributed by atoms with Crippen molar-refractivity contribution in [3.05, 3.63) is 0 Å². The van der Waals surface area contributed by atoms with Crippen LogP contribution < -0.4 is 0 Å². The summed E-state index contributed by atoms with van der Waals surface area (Å²) in [5.41, 5.74) is 0. The number of carboxylic acids is 1. The summed E-state index contributed by atoms with van der Waals surface area (Å²) in [5.74, 6) is -0.813. The largest absolute Gasteiger partial charge is 0.481 e. The van der Waals surface area contributed by atoms with Gasteiger partial charge in [0.25, 0.3) is 0 Å². The van der Waals surface area contributed by atoms with Crippen LogP contribution in [-0.4, -0.2) is 22.6 Å². The zero-order valence-corrected chi connectivity index (χ0v) is 7.65. The fourth-order valence-corrected chi connectivity index (χ4v) is 1.03. The quantitative estimate of drug-likeness (QED) is 0.469. The fourth-order valence-electron chi connectivity index (χ4n) is 0.715. The van der Waals surface area contributed by atoms with Gasteiger partial charge in [-0.2, -0.15) is 0 Å². The van der Waals surface area contributed by atoms with Crippen molar-refractivity contribution in [1.29, 1.82) is 0 Å². The summed E-state index contributed by atoms with van der Waals surface area (Å²) in [6, 6.07) is 0. The first-order valence-electron chi connectivity index (χ1n) is 3.70. The topological polar surface area (TPSA) is 83.8 Å². The second-order valence-electron chi connectivity index (χ2n) is 2.32. The van der Waals surface area contributed by atoms with E-state index in [4.69, 9.17) is 10.00 Å². The summed E-state index contributed by atoms with van der Waals surface area (Å²) >= 11 is 0. The van der Waals surface area contributed by atoms with E-state index in [9.17, 15) is 9.36 Å². The molecule has 0 aromatic rings. The maximum absolute atomic E-state index is 10.0. The Kier molecular flexibility index (Phi) is 7.05. The average Bonchev–Trinajstić information content (AvgIpc) is 1.95. The van der Waals surface area contributed by atoms with Crippen molar-refractivity contribution in [2.24, 2.45) is 0 Å². The van der Waals surface area contributed by atoms with Crippen molar-refractivity contribution < 1.29 is 23.9 Å². The van der Waals surface area contributed by atoms with Crippen LogP contribution in [0.25, 0.3) is 0 Å². The van der Waals surface area contributed by atoms with Gasteiger partial charge in [0.05, 0.1) is 6.61 Å². The highest BCUT2D eigenvalue weighted by Gasteiger charge is 1.96. The third-order valence-electron chi connectivity index (χ3n) is 1.26. The minimum absolute atomic E-state index is 0.147. The predicted octanol–water partition coefficient (Wildman–Crippen LogP) is 1.03. The lowest BCUT2D eigenvalue weighted by Crippen LogP contribution is -1.94. The maximum atomic E-state index is 10.0. The fraction of sp³-hybridized carbons (Fsp3) is 0.833. The van der Waals surface area contributed by atoms with Crippen LogP contribution >= 0.6 is 8.25 Å². The van der Waals surface area contributed by atoms with Crippen LogP contribution in [0.5, 0.6) is 0 Å². The molecule has 0 radical (unpaired) electrons. The van der Waals surface area contributed by atoms with Crippen LogP contribution in [0.2, 0.25) is 0 Å². The van der Waals surface area contributed by atoms with Crippen molar-refractivity contribution in [1.82, 2.24) is 0 Å². The minimum atomic E-state index is -2.80. The van der Waals surface area contributed by atoms with E-state index in [1.165, 1.54) is 0 Å². The van der Waals surface area contributed by atoms with E-state index >= 15 is 0 Å². The lowest BCUT2D eigenvalue weighted by molar-refractivity contribution is -0.137. The van der Waals surface area contributed by atoms with E-state index < -0.39 is 14.2 Å². The molecule has 0 aliphatic carbocycles. The average molecular weight is 196 g/mol. The molecular formula is C6H13O5P. The first-order valence-corrected chi connectivity index (χ1v) is 4.97. The van der Waals surface area contributed by atoms with Crippen LogP contribution in [0.4, 0.5) is 0 Å². The highest BCUT2D eigenvalue weighted by molar-refractivity contribution is 7.32. The van der Waals surface area contributed by atoms with Crippen molar-refractivity contribution in [2.75, 3.05) is 6.61 Å². The van der Waals surface area contributed by atoms with Gasteiger partial charge in [-0.3, -0.25) is 9.36 Å². The van der Waals surface area contributed by atoms with Gasteiger partial charge in [0.2, 0.25) is 0 Å². The molecule has 0 aliphatic heterocycles. The minimum Gasteiger partial charge on any atom is -0.481 e. The van der Waals surface area contributed by atoms with E-state index in [2.05, 4.69) is 4.52 Å². The molecule has 0 saturated heterocycles. The van der Waals surface area contributed by atoms with Gasteiger partial charge in [0.1, 0.15) is 0 Å². The second kappa shape index (κ2) is 7.28. The molecular weight excluding hydrogens is 183 g/mol. The molecule has 0 bridgehead atoms. The first kappa shape index (κ1) is 11.6. The summed E-state index contributed by atoms with van der Waals surface area (Å²) in [6.07, 6.45) is 2.07. The van der Waals surface area contributed by atoms with Crippen molar-refractivity contribution >= 4 is 14.2 Å². The van der Waals surface area contributed by atoms with Crippen LogP contribution in [-0.2, 0) is 13.9 Å². The van der Waals surface area contributed by atoms with Gasteiger partial charge in [-0.25, -0.2) is 0 Å². The van der Waals surface area contributed by atoms with Crippen LogP contribution in [0, 0.1) is 0 Å². The number of hydrogen-bond acceptors (Lipinski definition) is 3. The molecule has 0 heterocycles. The van der Waals surface area contributed by atoms with Gasteiger partial charge in [-0.15, -0.1) is 0 Å². The monoisotopic (exact) mass is 196 g/mol. The SMILES string of the molecule is O=C(O)CCCCCO[PH](=O)O. The van der Waals surface area contributed by atoms with Crippen molar-refractivity contribution in [3.63, 3.8) is 0 Å². The summed E-state index contributed by atoms with van der Waals surface area (Å²) in [6.45, 7) is 0.230. The molecule has 0 rings (SSSR count). The molecule has 0 amide bonds. The van der Waals surface area contributed by atoms with Crippen molar-refractivity contribution in [2.45, 2.75) is 25.7 Å². The normalized spacial score (nSPS) is 12.8. The standard InChI is InChI=1S/C6H13O5P/c7-6(8)4-2-1-3-5-11-12(9)10/h12H,1-5H2,(H,7,8)(H,9,10). The summed E-state index contributed by atoms with van der Waals surface area (Å²) in [7, 11) is -2.80. The zero-order chi connectivity index (χ0) is 9.40. The Balaban J connectivity index is 3.01. The smallest absolute Gasteiger partial charge is 0.316 e. The van der Waals surface area contributed by atoms with Gasteiger partial charge in [0, 0.05) is 6.42 Å².